The molecule has 0 radical (unpaired) electrons. The van der Waals surface area contributed by atoms with Crippen LogP contribution in [0.3, 0.4) is 0 Å². The van der Waals surface area contributed by atoms with Crippen molar-refractivity contribution in [3.63, 3.8) is 0 Å². The third-order valence-electron chi connectivity index (χ3n) is 3.34. The van der Waals surface area contributed by atoms with E-state index in [1.807, 2.05) is 6.07 Å². The summed E-state index contributed by atoms with van der Waals surface area (Å²) in [5.41, 5.74) is 1.57. The quantitative estimate of drug-likeness (QED) is 0.671. The second-order valence-electron chi connectivity index (χ2n) is 5.10. The molecule has 0 atom stereocenters. The summed E-state index contributed by atoms with van der Waals surface area (Å²) in [6, 6.07) is 14.8. The van der Waals surface area contributed by atoms with Gasteiger partial charge in [-0.3, -0.25) is 9.63 Å². The molecule has 3 aromatic rings. The molecule has 24 heavy (non-hydrogen) atoms. The van der Waals surface area contributed by atoms with Crippen molar-refractivity contribution in [2.45, 2.75) is 6.61 Å². The third-order valence-corrected chi connectivity index (χ3v) is 3.34. The number of rotatable bonds is 5. The number of aromatic nitrogens is 1. The summed E-state index contributed by atoms with van der Waals surface area (Å²) < 4.78 is 18.5. The summed E-state index contributed by atoms with van der Waals surface area (Å²) in [6.45, 7) is 0.0634. The van der Waals surface area contributed by atoms with Crippen LogP contribution in [0.1, 0.15) is 16.1 Å². The number of hydrogen-bond donors (Lipinski definition) is 0. The van der Waals surface area contributed by atoms with E-state index in [1.54, 1.807) is 36.4 Å². The molecule has 1 heterocycles. The molecule has 0 N–H and O–H groups in total. The van der Waals surface area contributed by atoms with Crippen LogP contribution in [0.2, 0.25) is 0 Å². The fourth-order valence-corrected chi connectivity index (χ4v) is 2.11. The molecule has 0 bridgehead atoms. The van der Waals surface area contributed by atoms with Gasteiger partial charge < -0.3 is 4.42 Å². The predicted octanol–water partition coefficient (Wildman–Crippen LogP) is 3.68. The number of hydrogen-bond acceptors (Lipinski definition) is 4. The van der Waals surface area contributed by atoms with Gasteiger partial charge in [0.15, 0.2) is 0 Å². The largest absolute Gasteiger partial charge is 0.444 e. The molecule has 1 aromatic heterocycles. The van der Waals surface area contributed by atoms with Gasteiger partial charge in [-0.1, -0.05) is 24.3 Å². The SMILES string of the molecule is CN(OCc1coc(-c2cccc(F)c2)n1)C(=O)c1ccccc1. The highest BCUT2D eigenvalue weighted by Gasteiger charge is 2.13. The summed E-state index contributed by atoms with van der Waals surface area (Å²) in [5, 5.41) is 1.14. The number of halogens is 1. The van der Waals surface area contributed by atoms with Crippen LogP contribution < -0.4 is 0 Å². The lowest BCUT2D eigenvalue weighted by Crippen LogP contribution is -2.26. The zero-order valence-electron chi connectivity index (χ0n) is 13.0. The molecule has 0 aliphatic carbocycles. The minimum atomic E-state index is -0.364. The van der Waals surface area contributed by atoms with Gasteiger partial charge in [0.2, 0.25) is 5.89 Å². The van der Waals surface area contributed by atoms with E-state index in [-0.39, 0.29) is 18.3 Å². The minimum Gasteiger partial charge on any atom is -0.444 e. The van der Waals surface area contributed by atoms with Gasteiger partial charge in [-0.15, -0.1) is 0 Å². The van der Waals surface area contributed by atoms with Crippen molar-refractivity contribution in [1.29, 1.82) is 0 Å². The van der Waals surface area contributed by atoms with Crippen LogP contribution in [-0.2, 0) is 11.4 Å². The van der Waals surface area contributed by atoms with E-state index < -0.39 is 0 Å². The molecule has 0 fully saturated rings. The molecule has 1 amide bonds. The van der Waals surface area contributed by atoms with E-state index in [1.165, 1.54) is 25.4 Å². The maximum atomic E-state index is 13.2. The van der Waals surface area contributed by atoms with Gasteiger partial charge in [-0.25, -0.2) is 14.4 Å². The second-order valence-corrected chi connectivity index (χ2v) is 5.10. The van der Waals surface area contributed by atoms with Gasteiger partial charge in [0.1, 0.15) is 24.4 Å². The van der Waals surface area contributed by atoms with Gasteiger partial charge in [0, 0.05) is 18.2 Å². The van der Waals surface area contributed by atoms with Crippen LogP contribution in [0.15, 0.2) is 65.3 Å². The molecule has 0 aliphatic heterocycles. The molecule has 3 rings (SSSR count). The minimum absolute atomic E-state index is 0.0634. The van der Waals surface area contributed by atoms with Crippen LogP contribution in [0.4, 0.5) is 4.39 Å². The van der Waals surface area contributed by atoms with Crippen molar-refractivity contribution in [2.24, 2.45) is 0 Å². The molecule has 0 saturated heterocycles. The first-order chi connectivity index (χ1) is 11.6. The van der Waals surface area contributed by atoms with Crippen LogP contribution >= 0.6 is 0 Å². The number of nitrogens with zero attached hydrogens (tertiary/aromatic N) is 2. The number of carbonyl (C=O) groups is 1. The summed E-state index contributed by atoms with van der Waals surface area (Å²) in [4.78, 5) is 21.8. The molecule has 122 valence electrons. The van der Waals surface area contributed by atoms with Crippen molar-refractivity contribution in [3.05, 3.63) is 77.9 Å². The summed E-state index contributed by atoms with van der Waals surface area (Å²) in [5.74, 6) is -0.328. The molecule has 0 unspecified atom stereocenters. The van der Waals surface area contributed by atoms with E-state index in [9.17, 15) is 9.18 Å². The van der Waals surface area contributed by atoms with E-state index >= 15 is 0 Å². The summed E-state index contributed by atoms with van der Waals surface area (Å²) >= 11 is 0. The average Bonchev–Trinajstić information content (AvgIpc) is 3.09. The van der Waals surface area contributed by atoms with Crippen molar-refractivity contribution in [2.75, 3.05) is 7.05 Å². The zero-order valence-corrected chi connectivity index (χ0v) is 13.0. The Labute approximate surface area is 138 Å². The Kier molecular flexibility index (Phi) is 4.67. The Morgan fingerprint density at radius 2 is 2.00 bits per heavy atom. The van der Waals surface area contributed by atoms with Crippen molar-refractivity contribution in [1.82, 2.24) is 10.0 Å². The molecule has 0 spiro atoms. The van der Waals surface area contributed by atoms with Crippen LogP contribution in [0, 0.1) is 5.82 Å². The second kappa shape index (κ2) is 7.06. The highest BCUT2D eigenvalue weighted by molar-refractivity contribution is 5.93. The van der Waals surface area contributed by atoms with E-state index in [0.717, 1.165) is 5.06 Å². The molecule has 6 heteroatoms. The summed E-state index contributed by atoms with van der Waals surface area (Å²) in [6.07, 6.45) is 1.42. The van der Waals surface area contributed by atoms with Crippen molar-refractivity contribution < 1.29 is 18.4 Å². The van der Waals surface area contributed by atoms with Gasteiger partial charge in [-0.2, -0.15) is 0 Å². The van der Waals surface area contributed by atoms with Crippen LogP contribution in [0.25, 0.3) is 11.5 Å². The van der Waals surface area contributed by atoms with Crippen LogP contribution in [-0.4, -0.2) is 23.0 Å². The fraction of sp³-hybridized carbons (Fsp3) is 0.111. The monoisotopic (exact) mass is 326 g/mol. The summed E-state index contributed by atoms with van der Waals surface area (Å²) in [7, 11) is 1.53. The highest BCUT2D eigenvalue weighted by Crippen LogP contribution is 2.19. The van der Waals surface area contributed by atoms with E-state index in [0.29, 0.717) is 22.7 Å². The Morgan fingerprint density at radius 3 is 2.75 bits per heavy atom. The standard InChI is InChI=1S/C18H15FN2O3/c1-21(18(22)13-6-3-2-4-7-13)24-12-16-11-23-17(20-16)14-8-5-9-15(19)10-14/h2-11H,12H2,1H3. The van der Waals surface area contributed by atoms with E-state index in [4.69, 9.17) is 9.25 Å². The Hall–Kier alpha value is -2.99. The van der Waals surface area contributed by atoms with Gasteiger partial charge in [0.05, 0.1) is 0 Å². The molecular weight excluding hydrogens is 311 g/mol. The molecule has 5 nitrogen and oxygen atoms in total. The van der Waals surface area contributed by atoms with Gasteiger partial charge >= 0.3 is 0 Å². The number of hydroxylamine groups is 2. The maximum Gasteiger partial charge on any atom is 0.277 e. The lowest BCUT2D eigenvalue weighted by atomic mass is 10.2. The lowest BCUT2D eigenvalue weighted by molar-refractivity contribution is -0.117. The van der Waals surface area contributed by atoms with Gasteiger partial charge in [0.25, 0.3) is 5.91 Å². The van der Waals surface area contributed by atoms with Crippen molar-refractivity contribution >= 4 is 5.91 Å². The maximum absolute atomic E-state index is 13.2. The number of oxazole rings is 1. The van der Waals surface area contributed by atoms with Crippen molar-refractivity contribution in [3.8, 4) is 11.5 Å². The van der Waals surface area contributed by atoms with Gasteiger partial charge in [-0.05, 0) is 30.3 Å². The number of amides is 1. The topological polar surface area (TPSA) is 55.6 Å². The Morgan fingerprint density at radius 1 is 1.21 bits per heavy atom. The number of carbonyl (C=O) groups excluding carboxylic acids is 1. The van der Waals surface area contributed by atoms with E-state index in [2.05, 4.69) is 4.98 Å². The molecular formula is C18H15FN2O3. The Balaban J connectivity index is 1.62. The molecule has 2 aromatic carbocycles. The normalized spacial score (nSPS) is 10.6. The first-order valence-electron chi connectivity index (χ1n) is 7.30. The highest BCUT2D eigenvalue weighted by atomic mass is 19.1. The first kappa shape index (κ1) is 15.9. The smallest absolute Gasteiger partial charge is 0.277 e. The fourth-order valence-electron chi connectivity index (χ4n) is 2.11. The Bertz CT molecular complexity index is 833. The first-order valence-corrected chi connectivity index (χ1v) is 7.30. The zero-order chi connectivity index (χ0) is 16.9. The molecule has 0 saturated carbocycles. The predicted molar refractivity (Wildman–Crippen MR) is 85.2 cm³/mol. The lowest BCUT2D eigenvalue weighted by Gasteiger charge is -2.15. The average molecular weight is 326 g/mol. The molecule has 0 aliphatic rings. The van der Waals surface area contributed by atoms with Crippen LogP contribution in [0.5, 0.6) is 0 Å². The number of benzene rings is 2. The third kappa shape index (κ3) is 3.67.